The van der Waals surface area contributed by atoms with Gasteiger partial charge in [-0.3, -0.25) is 0 Å². The zero-order chi connectivity index (χ0) is 13.1. The van der Waals surface area contributed by atoms with Gasteiger partial charge in [0.25, 0.3) is 0 Å². The molecule has 3 fully saturated rings. The fourth-order valence-electron chi connectivity index (χ4n) is 3.97. The van der Waals surface area contributed by atoms with Gasteiger partial charge in [0.05, 0.1) is 0 Å². The lowest BCUT2D eigenvalue weighted by molar-refractivity contribution is 0.0970. The van der Waals surface area contributed by atoms with E-state index >= 15 is 0 Å². The fourth-order valence-corrected chi connectivity index (χ4v) is 3.97. The quantitative estimate of drug-likeness (QED) is 0.792. The molecule has 0 amide bonds. The Balaban J connectivity index is 1.44. The number of rotatable bonds is 6. The highest BCUT2D eigenvalue weighted by Gasteiger charge is 2.29. The van der Waals surface area contributed by atoms with Crippen LogP contribution in [-0.2, 0) is 0 Å². The van der Waals surface area contributed by atoms with E-state index in [1.807, 2.05) is 0 Å². The maximum atomic E-state index is 3.89. The molecule has 1 aliphatic heterocycles. The number of piperidine rings is 1. The van der Waals surface area contributed by atoms with E-state index in [1.54, 1.807) is 0 Å². The van der Waals surface area contributed by atoms with Crippen LogP contribution in [0.2, 0.25) is 0 Å². The van der Waals surface area contributed by atoms with Gasteiger partial charge < -0.3 is 10.2 Å². The van der Waals surface area contributed by atoms with Crippen LogP contribution in [0.25, 0.3) is 0 Å². The number of hydrogen-bond donors (Lipinski definition) is 1. The van der Waals surface area contributed by atoms with Crippen LogP contribution in [0.1, 0.15) is 58.3 Å². The first-order valence-electron chi connectivity index (χ1n) is 8.79. The van der Waals surface area contributed by atoms with Gasteiger partial charge in [-0.2, -0.15) is 0 Å². The lowest BCUT2D eigenvalue weighted by Crippen LogP contribution is -2.51. The van der Waals surface area contributed by atoms with Crippen LogP contribution in [0.5, 0.6) is 0 Å². The van der Waals surface area contributed by atoms with Crippen LogP contribution in [0.3, 0.4) is 0 Å². The van der Waals surface area contributed by atoms with Gasteiger partial charge in [0.15, 0.2) is 0 Å². The second-order valence-electron chi connectivity index (χ2n) is 7.43. The molecule has 0 aromatic heterocycles. The Bertz CT molecular complexity index is 268. The predicted molar refractivity (Wildman–Crippen MR) is 81.3 cm³/mol. The average Bonchev–Trinajstić information content (AvgIpc) is 2.32. The summed E-state index contributed by atoms with van der Waals surface area (Å²) in [4.78, 5) is 2.78. The summed E-state index contributed by atoms with van der Waals surface area (Å²) in [5.74, 6) is 2.97. The molecule has 2 heteroatoms. The first-order chi connectivity index (χ1) is 9.33. The van der Waals surface area contributed by atoms with Gasteiger partial charge in [0, 0.05) is 25.7 Å². The average molecular weight is 264 g/mol. The number of hydrogen-bond acceptors (Lipinski definition) is 2. The van der Waals surface area contributed by atoms with Gasteiger partial charge in [-0.05, 0) is 56.4 Å². The molecule has 1 N–H and O–H groups in total. The van der Waals surface area contributed by atoms with Crippen molar-refractivity contribution in [1.82, 2.24) is 10.2 Å². The maximum Gasteiger partial charge on any atom is 0.0198 e. The van der Waals surface area contributed by atoms with Crippen LogP contribution in [0.4, 0.5) is 0 Å². The van der Waals surface area contributed by atoms with E-state index < -0.39 is 0 Å². The zero-order valence-corrected chi connectivity index (χ0v) is 12.7. The van der Waals surface area contributed by atoms with Crippen molar-refractivity contribution >= 4 is 0 Å². The van der Waals surface area contributed by atoms with Crippen molar-refractivity contribution in [2.45, 2.75) is 64.3 Å². The van der Waals surface area contributed by atoms with Crippen molar-refractivity contribution in [1.29, 1.82) is 0 Å². The highest BCUT2D eigenvalue weighted by atomic mass is 15.2. The van der Waals surface area contributed by atoms with E-state index in [9.17, 15) is 0 Å². The van der Waals surface area contributed by atoms with Crippen molar-refractivity contribution in [2.24, 2.45) is 17.8 Å². The number of nitrogens with zero attached hydrogens (tertiary/aromatic N) is 1. The minimum Gasteiger partial charge on any atom is -0.312 e. The fraction of sp³-hybridized carbons (Fsp3) is 1.00. The molecule has 2 nitrogen and oxygen atoms in total. The normalized spacial score (nSPS) is 33.9. The molecule has 0 spiro atoms. The Morgan fingerprint density at radius 3 is 2.26 bits per heavy atom. The van der Waals surface area contributed by atoms with Crippen LogP contribution in [-0.4, -0.2) is 37.1 Å². The highest BCUT2D eigenvalue weighted by molar-refractivity contribution is 4.86. The van der Waals surface area contributed by atoms with E-state index in [-0.39, 0.29) is 0 Å². The first kappa shape index (κ1) is 13.9. The third kappa shape index (κ3) is 3.72. The zero-order valence-electron chi connectivity index (χ0n) is 12.7. The Hall–Kier alpha value is -0.0800. The Morgan fingerprint density at radius 1 is 0.947 bits per heavy atom. The molecule has 0 aromatic rings. The van der Waals surface area contributed by atoms with E-state index in [0.717, 1.165) is 23.8 Å². The Morgan fingerprint density at radius 2 is 1.68 bits per heavy atom. The van der Waals surface area contributed by atoms with E-state index in [4.69, 9.17) is 0 Å². The largest absolute Gasteiger partial charge is 0.312 e. The molecule has 1 saturated heterocycles. The Kier molecular flexibility index (Phi) is 4.81. The first-order valence-corrected chi connectivity index (χ1v) is 8.79. The minimum absolute atomic E-state index is 0.777. The third-order valence-electron chi connectivity index (χ3n) is 5.85. The molecule has 0 bridgehead atoms. The van der Waals surface area contributed by atoms with Gasteiger partial charge in [0.1, 0.15) is 0 Å². The summed E-state index contributed by atoms with van der Waals surface area (Å²) in [5, 5.41) is 3.89. The molecule has 19 heavy (non-hydrogen) atoms. The third-order valence-corrected chi connectivity index (χ3v) is 5.85. The SMILES string of the molecule is CCC1CC(NCC2CCC2)CN(CC2CCC2)C1. The smallest absolute Gasteiger partial charge is 0.0198 e. The lowest BCUT2D eigenvalue weighted by atomic mass is 9.83. The van der Waals surface area contributed by atoms with Gasteiger partial charge in [-0.15, -0.1) is 0 Å². The van der Waals surface area contributed by atoms with Crippen molar-refractivity contribution in [3.05, 3.63) is 0 Å². The Labute approximate surface area is 119 Å². The summed E-state index contributed by atoms with van der Waals surface area (Å²) in [5.41, 5.74) is 0. The van der Waals surface area contributed by atoms with Crippen LogP contribution < -0.4 is 5.32 Å². The van der Waals surface area contributed by atoms with Crippen molar-refractivity contribution < 1.29 is 0 Å². The topological polar surface area (TPSA) is 15.3 Å². The number of likely N-dealkylation sites (tertiary alicyclic amines) is 1. The van der Waals surface area contributed by atoms with E-state index in [1.165, 1.54) is 77.5 Å². The molecule has 2 saturated carbocycles. The molecule has 0 radical (unpaired) electrons. The second kappa shape index (κ2) is 6.58. The molecule has 2 aliphatic carbocycles. The van der Waals surface area contributed by atoms with Crippen LogP contribution >= 0.6 is 0 Å². The number of nitrogens with one attached hydrogen (secondary N) is 1. The summed E-state index contributed by atoms with van der Waals surface area (Å²) in [6, 6.07) is 0.777. The van der Waals surface area contributed by atoms with Gasteiger partial charge in [0.2, 0.25) is 0 Å². The molecular weight excluding hydrogens is 232 g/mol. The molecule has 3 aliphatic rings. The molecule has 2 atom stereocenters. The summed E-state index contributed by atoms with van der Waals surface area (Å²) in [6.07, 6.45) is 11.7. The van der Waals surface area contributed by atoms with Crippen molar-refractivity contribution in [3.8, 4) is 0 Å². The molecule has 1 heterocycles. The summed E-state index contributed by atoms with van der Waals surface area (Å²) >= 11 is 0. The highest BCUT2D eigenvalue weighted by Crippen LogP contribution is 2.30. The maximum absolute atomic E-state index is 3.89. The van der Waals surface area contributed by atoms with Crippen LogP contribution in [0, 0.1) is 17.8 Å². The summed E-state index contributed by atoms with van der Waals surface area (Å²) in [7, 11) is 0. The second-order valence-corrected chi connectivity index (χ2v) is 7.43. The molecular formula is C17H32N2. The standard InChI is InChI=1S/C17H32N2/c1-2-14-9-17(18-10-15-5-3-6-15)13-19(11-14)12-16-7-4-8-16/h14-18H,2-13H2,1H3. The van der Waals surface area contributed by atoms with E-state index in [2.05, 4.69) is 17.1 Å². The van der Waals surface area contributed by atoms with E-state index in [0.29, 0.717) is 0 Å². The van der Waals surface area contributed by atoms with Crippen molar-refractivity contribution in [2.75, 3.05) is 26.2 Å². The van der Waals surface area contributed by atoms with Crippen molar-refractivity contribution in [3.63, 3.8) is 0 Å². The predicted octanol–water partition coefficient (Wildman–Crippen LogP) is 3.28. The molecule has 110 valence electrons. The van der Waals surface area contributed by atoms with Gasteiger partial charge >= 0.3 is 0 Å². The summed E-state index contributed by atoms with van der Waals surface area (Å²) < 4.78 is 0. The van der Waals surface area contributed by atoms with Gasteiger partial charge in [-0.25, -0.2) is 0 Å². The molecule has 3 rings (SSSR count). The van der Waals surface area contributed by atoms with Crippen LogP contribution in [0.15, 0.2) is 0 Å². The molecule has 0 aromatic carbocycles. The minimum atomic E-state index is 0.777. The van der Waals surface area contributed by atoms with Gasteiger partial charge in [-0.1, -0.05) is 26.2 Å². The molecule has 2 unspecified atom stereocenters. The lowest BCUT2D eigenvalue weighted by Gasteiger charge is -2.42. The summed E-state index contributed by atoms with van der Waals surface area (Å²) in [6.45, 7) is 7.74. The monoisotopic (exact) mass is 264 g/mol.